The second kappa shape index (κ2) is 5.46. The molecule has 1 rings (SSSR count). The first-order valence-corrected chi connectivity index (χ1v) is 5.43. The Kier molecular flexibility index (Phi) is 4.50. The second-order valence-electron chi connectivity index (χ2n) is 4.40. The van der Waals surface area contributed by atoms with Crippen molar-refractivity contribution in [2.75, 3.05) is 12.0 Å². The van der Waals surface area contributed by atoms with Crippen LogP contribution in [-0.4, -0.2) is 19.5 Å². The van der Waals surface area contributed by atoms with E-state index in [0.717, 1.165) is 7.15 Å². The van der Waals surface area contributed by atoms with E-state index in [4.69, 9.17) is 16.3 Å². The molecule has 86 valence electrons. The van der Waals surface area contributed by atoms with E-state index in [9.17, 15) is 4.70 Å². The quantitative estimate of drug-likeness (QED) is 0.647. The van der Waals surface area contributed by atoms with Crippen molar-refractivity contribution in [3.63, 3.8) is 0 Å². The molecular formula is C11H15BClNO2. The van der Waals surface area contributed by atoms with E-state index in [0.29, 0.717) is 22.9 Å². The molecule has 16 heavy (non-hydrogen) atoms. The van der Waals surface area contributed by atoms with Crippen LogP contribution in [-0.2, 0) is 9.44 Å². The van der Waals surface area contributed by atoms with Crippen molar-refractivity contribution < 1.29 is 9.44 Å². The number of halogens is 1. The van der Waals surface area contributed by atoms with Crippen LogP contribution in [0.15, 0.2) is 18.2 Å². The molecule has 0 saturated carbocycles. The van der Waals surface area contributed by atoms with Gasteiger partial charge in [0.05, 0.1) is 0 Å². The van der Waals surface area contributed by atoms with E-state index in [1.165, 1.54) is 0 Å². The second-order valence-corrected chi connectivity index (χ2v) is 4.80. The summed E-state index contributed by atoms with van der Waals surface area (Å²) in [6, 6.07) is 5.26. The molecule has 0 unspecified atom stereocenters. The standard InChI is InChI=1S/C11H15BClNO2/c1-11(2,3)16-7-14-9-6-4-5-8(13)10(9)12-15/h4-6,14H,7H2,1-3H3. The number of benzene rings is 1. The van der Waals surface area contributed by atoms with Gasteiger partial charge in [0.15, 0.2) is 0 Å². The number of nitrogens with one attached hydrogen (secondary N) is 1. The van der Waals surface area contributed by atoms with Crippen molar-refractivity contribution in [3.8, 4) is 0 Å². The van der Waals surface area contributed by atoms with Crippen LogP contribution in [0.25, 0.3) is 0 Å². The Labute approximate surface area is 101 Å². The van der Waals surface area contributed by atoms with Crippen molar-refractivity contribution in [1.82, 2.24) is 0 Å². The summed E-state index contributed by atoms with van der Waals surface area (Å²) in [6.07, 6.45) is 0. The predicted molar refractivity (Wildman–Crippen MR) is 66.9 cm³/mol. The molecule has 5 heteroatoms. The van der Waals surface area contributed by atoms with Crippen molar-refractivity contribution in [3.05, 3.63) is 23.2 Å². The van der Waals surface area contributed by atoms with Crippen molar-refractivity contribution >= 4 is 29.9 Å². The first-order valence-electron chi connectivity index (χ1n) is 5.05. The Morgan fingerprint density at radius 2 is 2.12 bits per heavy atom. The van der Waals surface area contributed by atoms with Crippen LogP contribution in [0.2, 0.25) is 5.02 Å². The zero-order valence-electron chi connectivity index (χ0n) is 9.71. The maximum atomic E-state index is 10.8. The maximum absolute atomic E-state index is 10.8. The van der Waals surface area contributed by atoms with Gasteiger partial charge in [0.25, 0.3) is 0 Å². The molecule has 0 aliphatic rings. The van der Waals surface area contributed by atoms with Gasteiger partial charge in [-0.3, -0.25) is 0 Å². The average molecular weight is 240 g/mol. The number of rotatable bonds is 4. The van der Waals surface area contributed by atoms with Gasteiger partial charge in [-0.1, -0.05) is 0 Å². The van der Waals surface area contributed by atoms with Crippen molar-refractivity contribution in [2.45, 2.75) is 26.4 Å². The van der Waals surface area contributed by atoms with Crippen molar-refractivity contribution in [2.24, 2.45) is 0 Å². The third kappa shape index (κ3) is 3.95. The summed E-state index contributed by atoms with van der Waals surface area (Å²) in [6.45, 7) is 6.23. The molecule has 0 aliphatic carbocycles. The SMILES string of the molecule is CC(C)(C)OCNc1cccc(Cl)c1B=O. The normalized spacial score (nSPS) is 11.0. The van der Waals surface area contributed by atoms with Crippen LogP contribution in [0.4, 0.5) is 5.69 Å². The third-order valence-electron chi connectivity index (χ3n) is 1.94. The van der Waals surface area contributed by atoms with Gasteiger partial charge in [-0.2, -0.15) is 0 Å². The molecule has 1 N–H and O–H groups in total. The van der Waals surface area contributed by atoms with Gasteiger partial charge in [0.1, 0.15) is 0 Å². The predicted octanol–water partition coefficient (Wildman–Crippen LogP) is 2.20. The Hall–Kier alpha value is -0.865. The number of hydrogen-bond donors (Lipinski definition) is 1. The van der Waals surface area contributed by atoms with Crippen LogP contribution in [0.1, 0.15) is 20.8 Å². The monoisotopic (exact) mass is 239 g/mol. The minimum atomic E-state index is -0.215. The molecule has 0 saturated heterocycles. The van der Waals surface area contributed by atoms with E-state index >= 15 is 0 Å². The molecule has 0 aliphatic heterocycles. The fraction of sp³-hybridized carbons (Fsp3) is 0.455. The summed E-state index contributed by atoms with van der Waals surface area (Å²) in [7, 11) is 0.738. The van der Waals surface area contributed by atoms with Gasteiger partial charge in [-0.25, -0.2) is 0 Å². The van der Waals surface area contributed by atoms with E-state index in [2.05, 4.69) is 5.32 Å². The van der Waals surface area contributed by atoms with Crippen LogP contribution in [0.5, 0.6) is 0 Å². The zero-order valence-corrected chi connectivity index (χ0v) is 10.5. The molecule has 1 aromatic rings. The van der Waals surface area contributed by atoms with Crippen molar-refractivity contribution in [1.29, 1.82) is 0 Å². The zero-order chi connectivity index (χ0) is 12.2. The molecule has 0 atom stereocenters. The number of ether oxygens (including phenoxy) is 1. The Balaban J connectivity index is 2.67. The van der Waals surface area contributed by atoms with Gasteiger partial charge in [-0.15, -0.1) is 0 Å². The molecule has 3 nitrogen and oxygen atoms in total. The van der Waals surface area contributed by atoms with E-state index in [1.54, 1.807) is 18.2 Å². The first-order chi connectivity index (χ1) is 7.44. The summed E-state index contributed by atoms with van der Waals surface area (Å²) in [5.41, 5.74) is 0.931. The number of hydrogen-bond acceptors (Lipinski definition) is 3. The summed E-state index contributed by atoms with van der Waals surface area (Å²) in [4.78, 5) is 0. The average Bonchev–Trinajstić information content (AvgIpc) is 2.16. The van der Waals surface area contributed by atoms with Crippen LogP contribution in [0, 0.1) is 0 Å². The van der Waals surface area contributed by atoms with E-state index in [1.807, 2.05) is 20.8 Å². The Bertz CT molecular complexity index is 377. The summed E-state index contributed by atoms with van der Waals surface area (Å²) in [5.74, 6) is 0. The summed E-state index contributed by atoms with van der Waals surface area (Å²) >= 11 is 5.89. The van der Waals surface area contributed by atoms with Crippen LogP contribution in [0.3, 0.4) is 0 Å². The third-order valence-corrected chi connectivity index (χ3v) is 2.27. The number of anilines is 1. The van der Waals surface area contributed by atoms with Gasteiger partial charge >= 0.3 is 101 Å². The van der Waals surface area contributed by atoms with Crippen LogP contribution >= 0.6 is 11.6 Å². The van der Waals surface area contributed by atoms with Gasteiger partial charge in [0.2, 0.25) is 0 Å². The fourth-order valence-electron chi connectivity index (χ4n) is 1.14. The molecule has 0 amide bonds. The first kappa shape index (κ1) is 13.2. The van der Waals surface area contributed by atoms with Crippen LogP contribution < -0.4 is 10.8 Å². The topological polar surface area (TPSA) is 38.3 Å². The molecule has 0 spiro atoms. The molecule has 0 fully saturated rings. The summed E-state index contributed by atoms with van der Waals surface area (Å²) in [5, 5.41) is 3.46. The summed E-state index contributed by atoms with van der Waals surface area (Å²) < 4.78 is 16.3. The molecule has 1 aromatic carbocycles. The molecular weight excluding hydrogens is 224 g/mol. The minimum absolute atomic E-state index is 0.215. The Morgan fingerprint density at radius 1 is 1.44 bits per heavy atom. The van der Waals surface area contributed by atoms with Gasteiger partial charge in [-0.05, 0) is 0 Å². The Morgan fingerprint density at radius 3 is 2.69 bits per heavy atom. The van der Waals surface area contributed by atoms with E-state index < -0.39 is 0 Å². The molecule has 0 bridgehead atoms. The molecule has 0 heterocycles. The van der Waals surface area contributed by atoms with Gasteiger partial charge in [0, 0.05) is 0 Å². The molecule has 0 aromatic heterocycles. The molecule has 0 radical (unpaired) electrons. The van der Waals surface area contributed by atoms with E-state index in [-0.39, 0.29) is 5.60 Å². The van der Waals surface area contributed by atoms with Gasteiger partial charge < -0.3 is 0 Å². The fourth-order valence-corrected chi connectivity index (χ4v) is 1.36.